The molecular formula is C29H37N6O3S+. The molecule has 2 fully saturated rings. The third kappa shape index (κ3) is 4.96. The molecule has 9 nitrogen and oxygen atoms in total. The number of imidazole rings is 1. The second-order valence-electron chi connectivity index (χ2n) is 10.7. The molecule has 0 radical (unpaired) electrons. The Morgan fingerprint density at radius 3 is 2.67 bits per heavy atom. The highest BCUT2D eigenvalue weighted by atomic mass is 32.2. The maximum absolute atomic E-state index is 13.5. The molecule has 4 aromatic rings. The molecular weight excluding hydrogens is 512 g/mol. The fraction of sp³-hybridized carbons (Fsp3) is 0.483. The van der Waals surface area contributed by atoms with Gasteiger partial charge in [-0.25, -0.2) is 4.98 Å². The number of fused-ring (bicyclic) bond motifs is 2. The summed E-state index contributed by atoms with van der Waals surface area (Å²) in [5.74, 6) is 3.73. The number of likely N-dealkylation sites (tertiary alicyclic amines) is 1. The minimum atomic E-state index is -0.0207. The number of nitrogens with two attached hydrogens (primary N) is 1. The molecule has 2 N–H and O–H groups in total. The van der Waals surface area contributed by atoms with Gasteiger partial charge in [-0.2, -0.15) is 4.98 Å². The number of thiol groups is 1. The molecule has 4 heterocycles. The smallest absolute Gasteiger partial charge is 0.254 e. The number of ether oxygens (including phenoxy) is 2. The average Bonchev–Trinajstić information content (AvgIpc) is 3.61. The van der Waals surface area contributed by atoms with Crippen LogP contribution in [0.3, 0.4) is 0 Å². The maximum atomic E-state index is 13.5. The normalized spacial score (nSPS) is 17.7. The van der Waals surface area contributed by atoms with Crippen molar-refractivity contribution in [3.05, 3.63) is 35.9 Å². The first-order chi connectivity index (χ1) is 19.0. The van der Waals surface area contributed by atoms with Gasteiger partial charge in [-0.05, 0) is 67.6 Å². The van der Waals surface area contributed by atoms with Crippen LogP contribution in [0.5, 0.6) is 11.6 Å². The van der Waals surface area contributed by atoms with Crippen LogP contribution in [0.2, 0.25) is 0 Å². The van der Waals surface area contributed by atoms with Crippen LogP contribution < -0.4 is 15.2 Å². The van der Waals surface area contributed by atoms with E-state index in [4.69, 9.17) is 25.2 Å². The number of rotatable bonds is 9. The molecule has 6 rings (SSSR count). The fourth-order valence-corrected chi connectivity index (χ4v) is 6.05. The molecule has 1 saturated carbocycles. The Kier molecular flexibility index (Phi) is 7.16. The van der Waals surface area contributed by atoms with E-state index >= 15 is 0 Å². The summed E-state index contributed by atoms with van der Waals surface area (Å²) in [5, 5.41) is 1.06. The summed E-state index contributed by atoms with van der Waals surface area (Å²) in [6, 6.07) is 9.95. The summed E-state index contributed by atoms with van der Waals surface area (Å²) in [4.78, 5) is 25.4. The molecule has 2 aliphatic rings. The van der Waals surface area contributed by atoms with Crippen LogP contribution in [-0.4, -0.2) is 75.3 Å². The molecule has 39 heavy (non-hydrogen) atoms. The quantitative estimate of drug-likeness (QED) is 0.253. The molecule has 0 bridgehead atoms. The Hall–Kier alpha value is -3.24. The van der Waals surface area contributed by atoms with Gasteiger partial charge < -0.3 is 29.2 Å². The fourth-order valence-electron chi connectivity index (χ4n) is 5.65. The SMILES string of the molecule is COc1ccc2cc(-c3nc4cc(C(=O)N5CCC[C@@H](N)C5)cc(OC)c4n3CC[SH+]C)n(CC3CC3)c2n1. The third-order valence-electron chi connectivity index (χ3n) is 7.86. The molecule has 1 aromatic carbocycles. The lowest BCUT2D eigenvalue weighted by molar-refractivity contribution is 0.0708. The highest BCUT2D eigenvalue weighted by Crippen LogP contribution is 2.38. The molecule has 0 unspecified atom stereocenters. The van der Waals surface area contributed by atoms with Crippen molar-refractivity contribution in [3.8, 4) is 23.1 Å². The second kappa shape index (κ2) is 10.7. The number of nitrogens with zero attached hydrogens (tertiary/aromatic N) is 5. The first kappa shape index (κ1) is 26.0. The predicted octanol–water partition coefficient (Wildman–Crippen LogP) is 3.49. The van der Waals surface area contributed by atoms with Gasteiger partial charge >= 0.3 is 0 Å². The van der Waals surface area contributed by atoms with Crippen molar-refractivity contribution in [1.82, 2.24) is 24.0 Å². The maximum Gasteiger partial charge on any atom is 0.254 e. The predicted molar refractivity (Wildman–Crippen MR) is 157 cm³/mol. The van der Waals surface area contributed by atoms with E-state index in [9.17, 15) is 4.79 Å². The number of aryl methyl sites for hydroxylation is 1. The van der Waals surface area contributed by atoms with E-state index in [0.717, 1.165) is 71.8 Å². The Bertz CT molecular complexity index is 1520. The van der Waals surface area contributed by atoms with Crippen molar-refractivity contribution in [3.63, 3.8) is 0 Å². The van der Waals surface area contributed by atoms with Crippen LogP contribution in [-0.2, 0) is 24.9 Å². The topological polar surface area (TPSA) is 100 Å². The first-order valence-corrected chi connectivity index (χ1v) is 15.3. The molecule has 1 atom stereocenters. The molecule has 206 valence electrons. The van der Waals surface area contributed by atoms with Crippen LogP contribution in [0.4, 0.5) is 0 Å². The first-order valence-electron chi connectivity index (χ1n) is 13.7. The molecule has 1 aliphatic carbocycles. The highest BCUT2D eigenvalue weighted by molar-refractivity contribution is 7.77. The monoisotopic (exact) mass is 549 g/mol. The van der Waals surface area contributed by atoms with E-state index in [0.29, 0.717) is 29.7 Å². The van der Waals surface area contributed by atoms with E-state index in [2.05, 4.69) is 27.5 Å². The van der Waals surface area contributed by atoms with E-state index in [1.165, 1.54) is 24.6 Å². The van der Waals surface area contributed by atoms with E-state index < -0.39 is 0 Å². The van der Waals surface area contributed by atoms with Crippen molar-refractivity contribution < 1.29 is 14.3 Å². The summed E-state index contributed by atoms with van der Waals surface area (Å²) in [5.41, 5.74) is 10.4. The minimum absolute atomic E-state index is 0.0207. The number of piperidine rings is 1. The number of amides is 1. The Morgan fingerprint density at radius 1 is 1.10 bits per heavy atom. The lowest BCUT2D eigenvalue weighted by Gasteiger charge is -2.30. The summed E-state index contributed by atoms with van der Waals surface area (Å²) in [6.07, 6.45) is 6.50. The number of aromatic nitrogens is 4. The van der Waals surface area contributed by atoms with E-state index in [1.807, 2.05) is 23.1 Å². The summed E-state index contributed by atoms with van der Waals surface area (Å²) < 4.78 is 15.9. The van der Waals surface area contributed by atoms with Crippen LogP contribution in [0.1, 0.15) is 36.0 Å². The highest BCUT2D eigenvalue weighted by Gasteiger charge is 2.29. The van der Waals surface area contributed by atoms with Crippen molar-refractivity contribution in [2.75, 3.05) is 39.3 Å². The third-order valence-corrected chi connectivity index (χ3v) is 8.51. The lowest BCUT2D eigenvalue weighted by Crippen LogP contribution is -2.45. The molecule has 3 aromatic heterocycles. The van der Waals surface area contributed by atoms with E-state index in [-0.39, 0.29) is 11.9 Å². The van der Waals surface area contributed by atoms with Crippen molar-refractivity contribution >= 4 is 39.7 Å². The van der Waals surface area contributed by atoms with Gasteiger partial charge in [0, 0.05) is 42.7 Å². The van der Waals surface area contributed by atoms with Gasteiger partial charge in [0.2, 0.25) is 5.88 Å². The minimum Gasteiger partial charge on any atom is -0.494 e. The van der Waals surface area contributed by atoms with Crippen molar-refractivity contribution in [2.24, 2.45) is 11.7 Å². The van der Waals surface area contributed by atoms with Gasteiger partial charge in [0.15, 0.2) is 5.82 Å². The molecule has 1 saturated heterocycles. The number of benzene rings is 1. The van der Waals surface area contributed by atoms with Gasteiger partial charge in [-0.15, -0.1) is 0 Å². The Labute approximate surface area is 232 Å². The molecule has 0 spiro atoms. The second-order valence-corrected chi connectivity index (χ2v) is 11.8. The van der Waals surface area contributed by atoms with Crippen molar-refractivity contribution in [1.29, 1.82) is 0 Å². The van der Waals surface area contributed by atoms with Gasteiger partial charge in [0.25, 0.3) is 5.91 Å². The number of hydrogen-bond donors (Lipinski definition) is 1. The van der Waals surface area contributed by atoms with Gasteiger partial charge in [-0.1, -0.05) is 0 Å². The van der Waals surface area contributed by atoms with E-state index in [1.54, 1.807) is 14.2 Å². The van der Waals surface area contributed by atoms with Crippen LogP contribution >= 0.6 is 0 Å². The zero-order valence-corrected chi connectivity index (χ0v) is 23.8. The molecule has 1 aliphatic heterocycles. The number of pyridine rings is 1. The Balaban J connectivity index is 1.52. The van der Waals surface area contributed by atoms with Crippen LogP contribution in [0, 0.1) is 5.92 Å². The van der Waals surface area contributed by atoms with Crippen LogP contribution in [0.15, 0.2) is 30.3 Å². The van der Waals surface area contributed by atoms with Gasteiger partial charge in [0.1, 0.15) is 22.7 Å². The zero-order chi connectivity index (χ0) is 27.1. The zero-order valence-electron chi connectivity index (χ0n) is 22.9. The number of carbonyl (C=O) groups excluding carboxylic acids is 1. The van der Waals surface area contributed by atoms with Crippen molar-refractivity contribution in [2.45, 2.75) is 44.8 Å². The lowest BCUT2D eigenvalue weighted by atomic mass is 10.0. The van der Waals surface area contributed by atoms with Gasteiger partial charge in [0.05, 0.1) is 38.2 Å². The number of hydrogen-bond acceptors (Lipinski definition) is 6. The van der Waals surface area contributed by atoms with Gasteiger partial charge in [-0.3, -0.25) is 4.79 Å². The summed E-state index contributed by atoms with van der Waals surface area (Å²) >= 11 is 1.30. The van der Waals surface area contributed by atoms with Crippen LogP contribution in [0.25, 0.3) is 33.6 Å². The summed E-state index contributed by atoms with van der Waals surface area (Å²) in [6.45, 7) is 2.98. The number of carbonyl (C=O) groups is 1. The molecule has 1 amide bonds. The largest absolute Gasteiger partial charge is 0.494 e. The Morgan fingerprint density at radius 2 is 1.95 bits per heavy atom. The number of methoxy groups -OCH3 is 2. The standard InChI is InChI=1S/C29H36N6O3S/c1-37-24-15-20(29(36)33-10-4-5-21(30)17-33)13-22-26(24)34(11-12-39-3)28(31-22)23-14-19-8-9-25(38-2)32-27(19)35(23)16-18-6-7-18/h8-9,13-15,18,21H,4-7,10-12,16-17,30H2,1-3H3/p+1/t21-/m1/s1. The molecule has 10 heteroatoms. The average molecular weight is 550 g/mol. The summed E-state index contributed by atoms with van der Waals surface area (Å²) in [7, 11) is 3.31.